The van der Waals surface area contributed by atoms with Gasteiger partial charge in [-0.1, -0.05) is 54.1 Å². The number of rotatable bonds is 3. The third kappa shape index (κ3) is 3.61. The molecule has 146 valence electrons. The number of anilines is 1. The van der Waals surface area contributed by atoms with Gasteiger partial charge < -0.3 is 14.2 Å². The molecule has 0 unspecified atom stereocenters. The number of quaternary nitrogens is 1. The lowest BCUT2D eigenvalue weighted by Gasteiger charge is -2.33. The van der Waals surface area contributed by atoms with Crippen molar-refractivity contribution in [2.75, 3.05) is 31.1 Å². The Balaban J connectivity index is 1.40. The van der Waals surface area contributed by atoms with Crippen molar-refractivity contribution >= 4 is 39.0 Å². The molecule has 1 N–H and O–H groups in total. The van der Waals surface area contributed by atoms with Crippen LogP contribution in [0.2, 0.25) is 5.02 Å². The molecule has 1 aliphatic heterocycles. The first-order valence-corrected chi connectivity index (χ1v) is 10.3. The van der Waals surface area contributed by atoms with E-state index < -0.39 is 0 Å². The zero-order chi connectivity index (χ0) is 19.8. The Labute approximate surface area is 173 Å². The van der Waals surface area contributed by atoms with Crippen molar-refractivity contribution in [1.29, 1.82) is 0 Å². The van der Waals surface area contributed by atoms with E-state index in [0.717, 1.165) is 59.5 Å². The van der Waals surface area contributed by atoms with Gasteiger partial charge in [-0.15, -0.1) is 0 Å². The van der Waals surface area contributed by atoms with Crippen molar-refractivity contribution in [2.45, 2.75) is 6.54 Å². The van der Waals surface area contributed by atoms with Crippen molar-refractivity contribution in [2.24, 2.45) is 0 Å². The fraction of sp³-hybridized carbons (Fsp3) is 0.208. The van der Waals surface area contributed by atoms with Crippen LogP contribution in [0.25, 0.3) is 21.7 Å². The van der Waals surface area contributed by atoms with Crippen LogP contribution in [0.1, 0.15) is 5.56 Å². The first-order valence-electron chi connectivity index (χ1n) is 9.96. The van der Waals surface area contributed by atoms with E-state index in [2.05, 4.69) is 23.1 Å². The zero-order valence-corrected chi connectivity index (χ0v) is 16.8. The maximum atomic E-state index is 12.3. The molecule has 1 aromatic heterocycles. The van der Waals surface area contributed by atoms with Crippen LogP contribution in [0.5, 0.6) is 0 Å². The molecule has 0 bridgehead atoms. The minimum absolute atomic E-state index is 0.277. The lowest BCUT2D eigenvalue weighted by Crippen LogP contribution is -3.13. The highest BCUT2D eigenvalue weighted by Gasteiger charge is 2.22. The summed E-state index contributed by atoms with van der Waals surface area (Å²) in [6.45, 7) is 4.80. The molecule has 5 heteroatoms. The minimum atomic E-state index is -0.277. The van der Waals surface area contributed by atoms with Gasteiger partial charge in [-0.2, -0.15) is 0 Å². The topological polar surface area (TPSA) is 37.9 Å². The van der Waals surface area contributed by atoms with Crippen LogP contribution in [0.4, 0.5) is 5.69 Å². The molecule has 0 atom stereocenters. The van der Waals surface area contributed by atoms with Gasteiger partial charge in [-0.3, -0.25) is 0 Å². The summed E-state index contributed by atoms with van der Waals surface area (Å²) in [5.74, 6) is 0. The maximum absolute atomic E-state index is 12.3. The molecule has 5 rings (SSSR count). The fourth-order valence-electron chi connectivity index (χ4n) is 4.30. The Kier molecular flexibility index (Phi) is 4.74. The Morgan fingerprint density at radius 2 is 1.76 bits per heavy atom. The maximum Gasteiger partial charge on any atom is 0.336 e. The molecule has 0 aliphatic carbocycles. The predicted molar refractivity (Wildman–Crippen MR) is 118 cm³/mol. The third-order valence-electron chi connectivity index (χ3n) is 5.80. The number of fused-ring (bicyclic) bond motifs is 3. The Bertz CT molecular complexity index is 1240. The van der Waals surface area contributed by atoms with E-state index in [9.17, 15) is 4.79 Å². The van der Waals surface area contributed by atoms with Gasteiger partial charge in [0.1, 0.15) is 12.1 Å². The largest absolute Gasteiger partial charge is 0.422 e. The summed E-state index contributed by atoms with van der Waals surface area (Å²) in [7, 11) is 0. The summed E-state index contributed by atoms with van der Waals surface area (Å²) in [5.41, 5.74) is 2.66. The van der Waals surface area contributed by atoms with E-state index in [1.807, 2.05) is 42.5 Å². The van der Waals surface area contributed by atoms with Crippen LogP contribution < -0.4 is 15.4 Å². The number of hydrogen-bond donors (Lipinski definition) is 1. The van der Waals surface area contributed by atoms with Gasteiger partial charge >= 0.3 is 5.63 Å². The molecule has 0 saturated carbocycles. The van der Waals surface area contributed by atoms with Crippen LogP contribution in [-0.4, -0.2) is 26.2 Å². The smallest absolute Gasteiger partial charge is 0.336 e. The molecule has 29 heavy (non-hydrogen) atoms. The van der Waals surface area contributed by atoms with Crippen LogP contribution >= 0.6 is 11.6 Å². The summed E-state index contributed by atoms with van der Waals surface area (Å²) < 4.78 is 5.61. The molecule has 1 aliphatic rings. The van der Waals surface area contributed by atoms with Gasteiger partial charge in [0.25, 0.3) is 0 Å². The molecule has 0 radical (unpaired) electrons. The Morgan fingerprint density at radius 3 is 2.59 bits per heavy atom. The molecule has 4 nitrogen and oxygen atoms in total. The number of hydrogen-bond acceptors (Lipinski definition) is 3. The highest BCUT2D eigenvalue weighted by molar-refractivity contribution is 6.30. The SMILES string of the molecule is O=c1cc(C[NH+]2CCN(c3cccc(Cl)c3)CC2)c2ccc3ccccc3c2o1. The Morgan fingerprint density at radius 1 is 0.931 bits per heavy atom. The molecule has 0 amide bonds. The predicted octanol–water partition coefficient (Wildman–Crippen LogP) is 3.50. The molecular weight excluding hydrogens is 384 g/mol. The zero-order valence-electron chi connectivity index (χ0n) is 16.0. The van der Waals surface area contributed by atoms with Gasteiger partial charge in [0.15, 0.2) is 0 Å². The molecular formula is C24H22ClN2O2+. The number of benzene rings is 3. The van der Waals surface area contributed by atoms with Gasteiger partial charge in [-0.05, 0) is 23.6 Å². The average molecular weight is 406 g/mol. The number of nitrogens with one attached hydrogen (secondary N) is 1. The summed E-state index contributed by atoms with van der Waals surface area (Å²) in [6, 6.07) is 21.9. The van der Waals surface area contributed by atoms with E-state index in [1.165, 1.54) is 10.6 Å². The van der Waals surface area contributed by atoms with Crippen LogP contribution in [-0.2, 0) is 6.54 Å². The average Bonchev–Trinajstić information content (AvgIpc) is 2.74. The van der Waals surface area contributed by atoms with E-state index in [0.29, 0.717) is 5.58 Å². The van der Waals surface area contributed by atoms with Crippen molar-refractivity contribution in [3.8, 4) is 0 Å². The lowest BCUT2D eigenvalue weighted by molar-refractivity contribution is -0.914. The monoisotopic (exact) mass is 405 g/mol. The molecule has 0 spiro atoms. The van der Waals surface area contributed by atoms with Crippen molar-refractivity contribution in [1.82, 2.24) is 0 Å². The van der Waals surface area contributed by atoms with Gasteiger partial charge in [-0.25, -0.2) is 4.79 Å². The highest BCUT2D eigenvalue weighted by Crippen LogP contribution is 2.26. The standard InChI is InChI=1S/C24H21ClN2O2/c25-19-5-3-6-20(15-19)27-12-10-26(11-13-27)16-18-14-23(28)29-24-21-7-2-1-4-17(21)8-9-22(18)24/h1-9,14-15H,10-13,16H2/p+1. The van der Waals surface area contributed by atoms with Gasteiger partial charge in [0.05, 0.1) is 26.2 Å². The first kappa shape index (κ1) is 18.2. The summed E-state index contributed by atoms with van der Waals surface area (Å²) in [4.78, 5) is 16.1. The molecule has 3 aromatic carbocycles. The third-order valence-corrected chi connectivity index (χ3v) is 6.04. The van der Waals surface area contributed by atoms with E-state index in [-0.39, 0.29) is 5.63 Å². The lowest BCUT2D eigenvalue weighted by atomic mass is 10.0. The molecule has 4 aromatic rings. The van der Waals surface area contributed by atoms with Crippen molar-refractivity contribution < 1.29 is 9.32 Å². The first-order chi connectivity index (χ1) is 14.2. The van der Waals surface area contributed by atoms with Gasteiger partial charge in [0.2, 0.25) is 0 Å². The summed E-state index contributed by atoms with van der Waals surface area (Å²) >= 11 is 6.14. The van der Waals surface area contributed by atoms with E-state index >= 15 is 0 Å². The van der Waals surface area contributed by atoms with Crippen LogP contribution in [0, 0.1) is 0 Å². The molecule has 1 saturated heterocycles. The molecule has 2 heterocycles. The fourth-order valence-corrected chi connectivity index (χ4v) is 4.49. The van der Waals surface area contributed by atoms with Crippen LogP contribution in [0.15, 0.2) is 75.9 Å². The van der Waals surface area contributed by atoms with E-state index in [1.54, 1.807) is 6.07 Å². The van der Waals surface area contributed by atoms with Gasteiger partial charge in [0, 0.05) is 33.1 Å². The van der Waals surface area contributed by atoms with Crippen molar-refractivity contribution in [3.05, 3.63) is 87.7 Å². The second-order valence-electron chi connectivity index (χ2n) is 7.65. The van der Waals surface area contributed by atoms with Crippen LogP contribution in [0.3, 0.4) is 0 Å². The number of nitrogens with zero attached hydrogens (tertiary/aromatic N) is 1. The van der Waals surface area contributed by atoms with Crippen molar-refractivity contribution in [3.63, 3.8) is 0 Å². The second kappa shape index (κ2) is 7.54. The quantitative estimate of drug-likeness (QED) is 0.418. The minimum Gasteiger partial charge on any atom is -0.422 e. The number of halogens is 1. The second-order valence-corrected chi connectivity index (χ2v) is 8.08. The highest BCUT2D eigenvalue weighted by atomic mass is 35.5. The summed E-state index contributed by atoms with van der Waals surface area (Å²) in [5, 5.41) is 3.88. The Hall–Kier alpha value is -2.82. The normalized spacial score (nSPS) is 15.3. The molecule has 1 fully saturated rings. The number of piperazine rings is 1. The van der Waals surface area contributed by atoms with E-state index in [4.69, 9.17) is 16.0 Å². The summed E-state index contributed by atoms with van der Waals surface area (Å²) in [6.07, 6.45) is 0.